The van der Waals surface area contributed by atoms with Crippen LogP contribution in [0, 0.1) is 5.92 Å². The molecule has 1 aliphatic heterocycles. The van der Waals surface area contributed by atoms with Gasteiger partial charge in [-0.3, -0.25) is 0 Å². The maximum Gasteiger partial charge on any atom is 0.393 e. The van der Waals surface area contributed by atoms with Crippen LogP contribution in [0.5, 0.6) is 0 Å². The van der Waals surface area contributed by atoms with Crippen molar-refractivity contribution < 1.29 is 21.6 Å². The first-order valence-electron chi connectivity index (χ1n) is 6.47. The van der Waals surface area contributed by atoms with Crippen molar-refractivity contribution in [1.29, 1.82) is 0 Å². The van der Waals surface area contributed by atoms with Gasteiger partial charge in [-0.2, -0.15) is 17.5 Å². The molecule has 0 bridgehead atoms. The van der Waals surface area contributed by atoms with Crippen LogP contribution in [-0.2, 0) is 15.9 Å². The Kier molecular flexibility index (Phi) is 4.85. The van der Waals surface area contributed by atoms with Crippen LogP contribution in [0.4, 0.5) is 13.2 Å². The number of sulfonamides is 1. The van der Waals surface area contributed by atoms with Gasteiger partial charge in [-0.15, -0.1) is 11.6 Å². The van der Waals surface area contributed by atoms with Crippen molar-refractivity contribution in [2.75, 3.05) is 13.1 Å². The van der Waals surface area contributed by atoms with E-state index in [1.54, 1.807) is 12.1 Å². The Labute approximate surface area is 126 Å². The van der Waals surface area contributed by atoms with Crippen molar-refractivity contribution in [3.63, 3.8) is 0 Å². The highest BCUT2D eigenvalue weighted by atomic mass is 35.5. The number of nitrogens with zero attached hydrogens (tertiary/aromatic N) is 1. The minimum atomic E-state index is -4.37. The van der Waals surface area contributed by atoms with E-state index in [4.69, 9.17) is 11.6 Å². The third-order valence-electron chi connectivity index (χ3n) is 3.58. The maximum atomic E-state index is 12.8. The summed E-state index contributed by atoms with van der Waals surface area (Å²) in [5, 5.41) is 0. The molecular weight excluding hydrogens is 327 g/mol. The van der Waals surface area contributed by atoms with Crippen LogP contribution in [0.3, 0.4) is 0 Å². The van der Waals surface area contributed by atoms with Crippen LogP contribution in [0.2, 0.25) is 0 Å². The van der Waals surface area contributed by atoms with E-state index in [-0.39, 0.29) is 30.2 Å². The number of rotatable bonds is 3. The second-order valence-corrected chi connectivity index (χ2v) is 7.16. The van der Waals surface area contributed by atoms with Gasteiger partial charge in [0.05, 0.1) is 10.8 Å². The molecule has 8 heteroatoms. The average Bonchev–Trinajstić information content (AvgIpc) is 2.46. The van der Waals surface area contributed by atoms with E-state index in [0.29, 0.717) is 5.56 Å². The topological polar surface area (TPSA) is 37.4 Å². The third kappa shape index (κ3) is 3.52. The van der Waals surface area contributed by atoms with Crippen molar-refractivity contribution in [3.05, 3.63) is 29.8 Å². The van der Waals surface area contributed by atoms with E-state index >= 15 is 0 Å². The SMILES string of the molecule is O=S(=O)(c1ccccc1CCl)N1CCCC(C(F)(F)F)C1. The van der Waals surface area contributed by atoms with Crippen LogP contribution in [0.15, 0.2) is 29.2 Å². The Morgan fingerprint density at radius 3 is 2.57 bits per heavy atom. The van der Waals surface area contributed by atoms with Gasteiger partial charge in [0.25, 0.3) is 0 Å². The summed E-state index contributed by atoms with van der Waals surface area (Å²) in [6.45, 7) is -0.423. The molecule has 1 aromatic rings. The molecule has 2 rings (SSSR count). The number of piperidine rings is 1. The van der Waals surface area contributed by atoms with E-state index in [2.05, 4.69) is 0 Å². The molecule has 0 aliphatic carbocycles. The first-order valence-corrected chi connectivity index (χ1v) is 8.45. The predicted molar refractivity (Wildman–Crippen MR) is 73.5 cm³/mol. The van der Waals surface area contributed by atoms with Gasteiger partial charge in [0.1, 0.15) is 0 Å². The van der Waals surface area contributed by atoms with Gasteiger partial charge in [-0.05, 0) is 24.5 Å². The van der Waals surface area contributed by atoms with Crippen LogP contribution in [0.25, 0.3) is 0 Å². The van der Waals surface area contributed by atoms with E-state index in [1.165, 1.54) is 12.1 Å². The molecule has 3 nitrogen and oxygen atoms in total. The van der Waals surface area contributed by atoms with Crippen LogP contribution < -0.4 is 0 Å². The zero-order valence-electron chi connectivity index (χ0n) is 11.1. The monoisotopic (exact) mass is 341 g/mol. The first kappa shape index (κ1) is 16.6. The molecule has 0 radical (unpaired) electrons. The molecule has 1 heterocycles. The lowest BCUT2D eigenvalue weighted by Gasteiger charge is -2.33. The number of hydrogen-bond donors (Lipinski definition) is 0. The summed E-state index contributed by atoms with van der Waals surface area (Å²) >= 11 is 5.72. The van der Waals surface area contributed by atoms with Gasteiger partial charge < -0.3 is 0 Å². The van der Waals surface area contributed by atoms with Crippen molar-refractivity contribution in [2.45, 2.75) is 29.8 Å². The zero-order chi connectivity index (χ0) is 15.7. The summed E-state index contributed by atoms with van der Waals surface area (Å²) in [7, 11) is -3.95. The minimum Gasteiger partial charge on any atom is -0.207 e. The molecule has 118 valence electrons. The Bertz CT molecular complexity index is 604. The minimum absolute atomic E-state index is 0.00799. The molecule has 0 aromatic heterocycles. The van der Waals surface area contributed by atoms with E-state index in [9.17, 15) is 21.6 Å². The summed E-state index contributed by atoms with van der Waals surface area (Å²) < 4.78 is 64.4. The Morgan fingerprint density at radius 1 is 1.29 bits per heavy atom. The predicted octanol–water partition coefficient (Wildman–Crippen LogP) is 3.39. The van der Waals surface area contributed by atoms with E-state index < -0.39 is 28.7 Å². The summed E-state index contributed by atoms with van der Waals surface area (Å²) in [6, 6.07) is 6.12. The lowest BCUT2D eigenvalue weighted by atomic mass is 9.99. The fourth-order valence-corrected chi connectivity index (χ4v) is 4.49. The molecule has 0 amide bonds. The van der Waals surface area contributed by atoms with Gasteiger partial charge in [-0.25, -0.2) is 8.42 Å². The lowest BCUT2D eigenvalue weighted by Crippen LogP contribution is -2.44. The Morgan fingerprint density at radius 2 is 1.95 bits per heavy atom. The van der Waals surface area contributed by atoms with Crippen LogP contribution in [-0.4, -0.2) is 32.0 Å². The van der Waals surface area contributed by atoms with Gasteiger partial charge >= 0.3 is 6.18 Å². The van der Waals surface area contributed by atoms with Crippen molar-refractivity contribution in [1.82, 2.24) is 4.31 Å². The van der Waals surface area contributed by atoms with Crippen molar-refractivity contribution in [3.8, 4) is 0 Å². The number of halogens is 4. The highest BCUT2D eigenvalue weighted by Crippen LogP contribution is 2.35. The summed E-state index contributed by atoms with van der Waals surface area (Å²) in [5.41, 5.74) is 0.397. The quantitative estimate of drug-likeness (QED) is 0.790. The molecule has 0 spiro atoms. The average molecular weight is 342 g/mol. The maximum absolute atomic E-state index is 12.8. The molecule has 21 heavy (non-hydrogen) atoms. The number of hydrogen-bond acceptors (Lipinski definition) is 2. The van der Waals surface area contributed by atoms with Gasteiger partial charge in [-0.1, -0.05) is 18.2 Å². The Hall–Kier alpha value is -0.790. The van der Waals surface area contributed by atoms with Gasteiger partial charge in [0.15, 0.2) is 0 Å². The van der Waals surface area contributed by atoms with Crippen LogP contribution >= 0.6 is 11.6 Å². The second kappa shape index (κ2) is 6.14. The largest absolute Gasteiger partial charge is 0.393 e. The number of alkyl halides is 4. The van der Waals surface area contributed by atoms with E-state index in [1.807, 2.05) is 0 Å². The molecule has 1 aromatic carbocycles. The highest BCUT2D eigenvalue weighted by Gasteiger charge is 2.44. The van der Waals surface area contributed by atoms with E-state index in [0.717, 1.165) is 4.31 Å². The summed E-state index contributed by atoms with van der Waals surface area (Å²) in [6.07, 6.45) is -4.21. The smallest absolute Gasteiger partial charge is 0.207 e. The molecule has 1 saturated heterocycles. The number of benzene rings is 1. The highest BCUT2D eigenvalue weighted by molar-refractivity contribution is 7.89. The molecule has 1 aliphatic rings. The second-order valence-electron chi connectivity index (χ2n) is 4.99. The molecule has 0 N–H and O–H groups in total. The summed E-state index contributed by atoms with van der Waals surface area (Å²) in [5.74, 6) is -1.62. The Balaban J connectivity index is 2.31. The molecule has 1 unspecified atom stereocenters. The molecular formula is C13H15ClF3NO2S. The van der Waals surface area contributed by atoms with Gasteiger partial charge in [0.2, 0.25) is 10.0 Å². The fraction of sp³-hybridized carbons (Fsp3) is 0.538. The zero-order valence-corrected chi connectivity index (χ0v) is 12.7. The lowest BCUT2D eigenvalue weighted by molar-refractivity contribution is -0.182. The summed E-state index contributed by atoms with van der Waals surface area (Å²) in [4.78, 5) is -0.0113. The van der Waals surface area contributed by atoms with Gasteiger partial charge in [0, 0.05) is 19.0 Å². The molecule has 0 saturated carbocycles. The molecule has 1 fully saturated rings. The van der Waals surface area contributed by atoms with Crippen molar-refractivity contribution >= 4 is 21.6 Å². The normalized spacial score (nSPS) is 21.4. The molecule has 1 atom stereocenters. The standard InChI is InChI=1S/C13H15ClF3NO2S/c14-8-10-4-1-2-6-12(10)21(19,20)18-7-3-5-11(9-18)13(15,16)17/h1-2,4,6,11H,3,5,7-9H2. The van der Waals surface area contributed by atoms with Crippen LogP contribution in [0.1, 0.15) is 18.4 Å². The van der Waals surface area contributed by atoms with Crippen molar-refractivity contribution in [2.24, 2.45) is 5.92 Å². The fourth-order valence-electron chi connectivity index (χ4n) is 2.43. The first-order chi connectivity index (χ1) is 9.76. The third-order valence-corrected chi connectivity index (χ3v) is 5.83.